The van der Waals surface area contributed by atoms with Gasteiger partial charge in [0.05, 0.1) is 5.56 Å². The van der Waals surface area contributed by atoms with E-state index in [2.05, 4.69) is 4.98 Å². The number of carbonyl (C=O) groups is 1. The summed E-state index contributed by atoms with van der Waals surface area (Å²) in [6.45, 7) is 4.58. The molecule has 0 atom stereocenters. The largest absolute Gasteiger partial charge is 0.478 e. The van der Waals surface area contributed by atoms with E-state index in [0.717, 1.165) is 23.5 Å². The Kier molecular flexibility index (Phi) is 2.95. The summed E-state index contributed by atoms with van der Waals surface area (Å²) in [5.74, 6) is -0.884. The Balaban J connectivity index is 2.62. The van der Waals surface area contributed by atoms with Crippen molar-refractivity contribution in [1.29, 1.82) is 0 Å². The molecule has 4 nitrogen and oxygen atoms in total. The number of hydrogen-bond donors (Lipinski definition) is 1. The molecule has 0 fully saturated rings. The van der Waals surface area contributed by atoms with Gasteiger partial charge in [0.25, 0.3) is 0 Å². The summed E-state index contributed by atoms with van der Waals surface area (Å²) in [4.78, 5) is 15.1. The van der Waals surface area contributed by atoms with Crippen LogP contribution in [0.3, 0.4) is 0 Å². The topological polar surface area (TPSA) is 55.1 Å². The van der Waals surface area contributed by atoms with Crippen molar-refractivity contribution >= 4 is 5.97 Å². The first kappa shape index (κ1) is 11.4. The molecule has 2 rings (SSSR count). The Morgan fingerprint density at radius 2 is 2.06 bits per heavy atom. The highest BCUT2D eigenvalue weighted by Gasteiger charge is 2.16. The summed E-state index contributed by atoms with van der Waals surface area (Å²) in [5.41, 5.74) is 3.05. The maximum absolute atomic E-state index is 11.1. The van der Waals surface area contributed by atoms with Crippen molar-refractivity contribution in [3.8, 4) is 11.3 Å². The lowest BCUT2D eigenvalue weighted by Gasteiger charge is -2.08. The highest BCUT2D eigenvalue weighted by molar-refractivity contribution is 5.91. The van der Waals surface area contributed by atoms with E-state index in [-0.39, 0.29) is 0 Å². The minimum absolute atomic E-state index is 0.360. The molecule has 17 heavy (non-hydrogen) atoms. The van der Waals surface area contributed by atoms with E-state index in [1.807, 2.05) is 30.5 Å². The van der Waals surface area contributed by atoms with Gasteiger partial charge in [0.2, 0.25) is 0 Å². The predicted octanol–water partition coefficient (Wildman–Crippen LogP) is 2.58. The van der Waals surface area contributed by atoms with Gasteiger partial charge in [0.1, 0.15) is 0 Å². The fourth-order valence-corrected chi connectivity index (χ4v) is 2.03. The Labute approximate surface area is 99.5 Å². The maximum atomic E-state index is 11.1. The monoisotopic (exact) mass is 230 g/mol. The first-order valence-corrected chi connectivity index (χ1v) is 5.49. The molecule has 0 saturated heterocycles. The fourth-order valence-electron chi connectivity index (χ4n) is 2.03. The van der Waals surface area contributed by atoms with Gasteiger partial charge in [0.15, 0.2) is 0 Å². The van der Waals surface area contributed by atoms with Crippen molar-refractivity contribution in [2.75, 3.05) is 0 Å². The molecule has 0 saturated carbocycles. The van der Waals surface area contributed by atoms with Crippen LogP contribution in [0, 0.1) is 6.92 Å². The van der Waals surface area contributed by atoms with Gasteiger partial charge in [-0.25, -0.2) is 4.79 Å². The molecule has 0 aliphatic carbocycles. The van der Waals surface area contributed by atoms with E-state index < -0.39 is 5.97 Å². The Morgan fingerprint density at radius 1 is 1.41 bits per heavy atom. The molecule has 0 radical (unpaired) electrons. The van der Waals surface area contributed by atoms with E-state index in [1.165, 1.54) is 0 Å². The molecule has 0 unspecified atom stereocenters. The summed E-state index contributed by atoms with van der Waals surface area (Å²) in [6.07, 6.45) is 3.41. The molecule has 2 aromatic heterocycles. The van der Waals surface area contributed by atoms with Crippen molar-refractivity contribution in [3.05, 3.63) is 41.9 Å². The predicted molar refractivity (Wildman–Crippen MR) is 65.0 cm³/mol. The van der Waals surface area contributed by atoms with Crippen LogP contribution in [0.25, 0.3) is 11.3 Å². The average Bonchev–Trinajstić information content (AvgIpc) is 2.67. The van der Waals surface area contributed by atoms with Crippen LogP contribution in [-0.4, -0.2) is 20.6 Å². The molecule has 0 spiro atoms. The van der Waals surface area contributed by atoms with Crippen molar-refractivity contribution in [3.63, 3.8) is 0 Å². The molecule has 0 aliphatic rings. The van der Waals surface area contributed by atoms with Crippen molar-refractivity contribution in [2.45, 2.75) is 20.4 Å². The number of pyridine rings is 1. The van der Waals surface area contributed by atoms with Crippen molar-refractivity contribution in [1.82, 2.24) is 9.55 Å². The van der Waals surface area contributed by atoms with Crippen LogP contribution in [-0.2, 0) is 6.54 Å². The second-order valence-corrected chi connectivity index (χ2v) is 3.81. The minimum atomic E-state index is -0.884. The van der Waals surface area contributed by atoms with Gasteiger partial charge in [-0.05, 0) is 32.0 Å². The summed E-state index contributed by atoms with van der Waals surface area (Å²) >= 11 is 0. The van der Waals surface area contributed by atoms with Crippen LogP contribution >= 0.6 is 0 Å². The molecular weight excluding hydrogens is 216 g/mol. The summed E-state index contributed by atoms with van der Waals surface area (Å²) in [6, 6.07) is 5.48. The van der Waals surface area contributed by atoms with Gasteiger partial charge in [-0.1, -0.05) is 0 Å². The molecule has 0 aliphatic heterocycles. The van der Waals surface area contributed by atoms with Crippen LogP contribution in [0.2, 0.25) is 0 Å². The number of aromatic nitrogens is 2. The lowest BCUT2D eigenvalue weighted by molar-refractivity contribution is 0.0696. The number of carboxylic acids is 1. The summed E-state index contributed by atoms with van der Waals surface area (Å²) < 4.78 is 2.00. The highest BCUT2D eigenvalue weighted by atomic mass is 16.4. The minimum Gasteiger partial charge on any atom is -0.478 e. The van der Waals surface area contributed by atoms with Gasteiger partial charge in [-0.2, -0.15) is 0 Å². The van der Waals surface area contributed by atoms with Gasteiger partial charge in [-0.15, -0.1) is 0 Å². The third kappa shape index (κ3) is 1.93. The van der Waals surface area contributed by atoms with E-state index in [9.17, 15) is 4.79 Å². The normalized spacial score (nSPS) is 10.5. The van der Waals surface area contributed by atoms with Gasteiger partial charge in [0, 0.05) is 35.9 Å². The molecule has 2 heterocycles. The number of nitrogens with zero attached hydrogens (tertiary/aromatic N) is 2. The third-order valence-electron chi connectivity index (χ3n) is 2.89. The fraction of sp³-hybridized carbons (Fsp3) is 0.231. The van der Waals surface area contributed by atoms with Crippen LogP contribution in [0.4, 0.5) is 0 Å². The van der Waals surface area contributed by atoms with E-state index >= 15 is 0 Å². The molecule has 0 aromatic carbocycles. The summed E-state index contributed by atoms with van der Waals surface area (Å²) in [7, 11) is 0. The first-order valence-electron chi connectivity index (χ1n) is 5.49. The number of hydrogen-bond acceptors (Lipinski definition) is 2. The molecule has 88 valence electrons. The SMILES string of the molecule is CCn1c(-c2ccncc2)cc(C(=O)O)c1C. The van der Waals surface area contributed by atoms with Crippen molar-refractivity contribution in [2.24, 2.45) is 0 Å². The zero-order valence-electron chi connectivity index (χ0n) is 9.84. The molecular formula is C13H14N2O2. The first-order chi connectivity index (χ1) is 8.15. The molecule has 2 aromatic rings. The van der Waals surface area contributed by atoms with Crippen LogP contribution in [0.1, 0.15) is 23.0 Å². The van der Waals surface area contributed by atoms with Crippen LogP contribution in [0.15, 0.2) is 30.6 Å². The summed E-state index contributed by atoms with van der Waals surface area (Å²) in [5, 5.41) is 9.12. The van der Waals surface area contributed by atoms with Crippen LogP contribution < -0.4 is 0 Å². The molecule has 1 N–H and O–H groups in total. The van der Waals surface area contributed by atoms with Gasteiger partial charge in [-0.3, -0.25) is 4.98 Å². The van der Waals surface area contributed by atoms with Crippen LogP contribution in [0.5, 0.6) is 0 Å². The third-order valence-corrected chi connectivity index (χ3v) is 2.89. The number of aromatic carboxylic acids is 1. The number of carboxylic acid groups (broad SMARTS) is 1. The second-order valence-electron chi connectivity index (χ2n) is 3.81. The highest BCUT2D eigenvalue weighted by Crippen LogP contribution is 2.25. The quantitative estimate of drug-likeness (QED) is 0.881. The van der Waals surface area contributed by atoms with Gasteiger partial charge >= 0.3 is 5.97 Å². The Morgan fingerprint density at radius 3 is 2.59 bits per heavy atom. The molecule has 4 heteroatoms. The Hall–Kier alpha value is -2.10. The lowest BCUT2D eigenvalue weighted by Crippen LogP contribution is -2.02. The number of rotatable bonds is 3. The molecule has 0 bridgehead atoms. The molecule has 0 amide bonds. The zero-order valence-corrected chi connectivity index (χ0v) is 9.84. The maximum Gasteiger partial charge on any atom is 0.337 e. The zero-order chi connectivity index (χ0) is 12.4. The van der Waals surface area contributed by atoms with Crippen molar-refractivity contribution < 1.29 is 9.90 Å². The standard InChI is InChI=1S/C13H14N2O2/c1-3-15-9(2)11(13(16)17)8-12(15)10-4-6-14-7-5-10/h4-8H,3H2,1-2H3,(H,16,17). The lowest BCUT2D eigenvalue weighted by atomic mass is 10.2. The average molecular weight is 230 g/mol. The Bertz CT molecular complexity index is 544. The van der Waals surface area contributed by atoms with E-state index in [0.29, 0.717) is 5.56 Å². The van der Waals surface area contributed by atoms with E-state index in [4.69, 9.17) is 5.11 Å². The van der Waals surface area contributed by atoms with E-state index in [1.54, 1.807) is 18.5 Å². The van der Waals surface area contributed by atoms with Gasteiger partial charge < -0.3 is 9.67 Å². The smallest absolute Gasteiger partial charge is 0.337 e. The second kappa shape index (κ2) is 4.41.